The number of rotatable bonds is 3. The second-order valence-electron chi connectivity index (χ2n) is 4.97. The first-order chi connectivity index (χ1) is 9.70. The van der Waals surface area contributed by atoms with Crippen LogP contribution in [0.2, 0.25) is 0 Å². The quantitative estimate of drug-likeness (QED) is 0.768. The molecule has 0 bridgehead atoms. The number of nitrogens with zero attached hydrogens (tertiary/aromatic N) is 2. The first-order valence-corrected chi connectivity index (χ1v) is 7.22. The van der Waals surface area contributed by atoms with E-state index < -0.39 is 0 Å². The van der Waals surface area contributed by atoms with Gasteiger partial charge in [0.2, 0.25) is 5.91 Å². The molecule has 114 valence electrons. The van der Waals surface area contributed by atoms with E-state index in [1.165, 1.54) is 0 Å². The van der Waals surface area contributed by atoms with Crippen molar-refractivity contribution in [3.05, 3.63) is 0 Å². The molecule has 1 unspecified atom stereocenters. The average Bonchev–Trinajstić information content (AvgIpc) is 2.48. The van der Waals surface area contributed by atoms with Crippen molar-refractivity contribution < 1.29 is 19.1 Å². The highest BCUT2D eigenvalue weighted by Crippen LogP contribution is 2.09. The van der Waals surface area contributed by atoms with E-state index in [9.17, 15) is 9.59 Å². The van der Waals surface area contributed by atoms with E-state index in [1.807, 2.05) is 0 Å². The van der Waals surface area contributed by atoms with Gasteiger partial charge in [0.1, 0.15) is 0 Å². The summed E-state index contributed by atoms with van der Waals surface area (Å²) in [7, 11) is 0. The molecule has 0 aromatic carbocycles. The minimum atomic E-state index is -0.292. The number of carbonyl (C=O) groups excluding carboxylic acids is 2. The molecule has 0 aromatic heterocycles. The highest BCUT2D eigenvalue weighted by Gasteiger charge is 2.27. The zero-order valence-corrected chi connectivity index (χ0v) is 12.0. The van der Waals surface area contributed by atoms with Gasteiger partial charge >= 0.3 is 6.09 Å². The van der Waals surface area contributed by atoms with Crippen molar-refractivity contribution in [1.82, 2.24) is 15.1 Å². The Hall–Kier alpha value is -1.34. The molecule has 7 heteroatoms. The lowest BCUT2D eigenvalue weighted by Gasteiger charge is -2.35. The van der Waals surface area contributed by atoms with Crippen molar-refractivity contribution in [3.63, 3.8) is 0 Å². The standard InChI is InChI=1S/C13H23N3O4/c1-2-19-13(18)16-6-4-15(5-7-16)12(17)9-11-10-14-3-8-20-11/h11,14H,2-10H2,1H3. The van der Waals surface area contributed by atoms with Crippen LogP contribution in [-0.2, 0) is 14.3 Å². The molecule has 0 spiro atoms. The monoisotopic (exact) mass is 285 g/mol. The van der Waals surface area contributed by atoms with Gasteiger partial charge in [-0.25, -0.2) is 4.79 Å². The minimum Gasteiger partial charge on any atom is -0.450 e. The SMILES string of the molecule is CCOC(=O)N1CCN(C(=O)CC2CNCCO2)CC1. The van der Waals surface area contributed by atoms with E-state index in [2.05, 4.69) is 5.32 Å². The molecule has 1 N–H and O–H groups in total. The number of piperazine rings is 1. The second kappa shape index (κ2) is 7.44. The summed E-state index contributed by atoms with van der Waals surface area (Å²) in [5.74, 6) is 0.0993. The van der Waals surface area contributed by atoms with Crippen LogP contribution in [0.5, 0.6) is 0 Å². The largest absolute Gasteiger partial charge is 0.450 e. The first-order valence-electron chi connectivity index (χ1n) is 7.22. The van der Waals surface area contributed by atoms with Crippen molar-refractivity contribution in [2.45, 2.75) is 19.4 Å². The molecular formula is C13H23N3O4. The van der Waals surface area contributed by atoms with Crippen LogP contribution in [0.1, 0.15) is 13.3 Å². The van der Waals surface area contributed by atoms with E-state index in [0.29, 0.717) is 45.8 Å². The van der Waals surface area contributed by atoms with Crippen LogP contribution < -0.4 is 5.32 Å². The van der Waals surface area contributed by atoms with Gasteiger partial charge in [-0.2, -0.15) is 0 Å². The van der Waals surface area contributed by atoms with Crippen molar-refractivity contribution in [1.29, 1.82) is 0 Å². The molecule has 20 heavy (non-hydrogen) atoms. The minimum absolute atomic E-state index is 0.0284. The Kier molecular flexibility index (Phi) is 5.60. The molecule has 2 aliphatic heterocycles. The van der Waals surface area contributed by atoms with Crippen molar-refractivity contribution >= 4 is 12.0 Å². The number of morpholine rings is 1. The van der Waals surface area contributed by atoms with Crippen LogP contribution in [0.4, 0.5) is 4.79 Å². The molecule has 7 nitrogen and oxygen atoms in total. The first kappa shape index (κ1) is 15.1. The topological polar surface area (TPSA) is 71.1 Å². The van der Waals surface area contributed by atoms with Crippen molar-refractivity contribution in [2.24, 2.45) is 0 Å². The zero-order valence-electron chi connectivity index (χ0n) is 12.0. The van der Waals surface area contributed by atoms with Crippen molar-refractivity contribution in [3.8, 4) is 0 Å². The fourth-order valence-electron chi connectivity index (χ4n) is 2.43. The summed E-state index contributed by atoms with van der Waals surface area (Å²) in [5, 5.41) is 3.21. The Balaban J connectivity index is 1.72. The van der Waals surface area contributed by atoms with E-state index in [4.69, 9.17) is 9.47 Å². The summed E-state index contributed by atoms with van der Waals surface area (Å²) < 4.78 is 10.5. The van der Waals surface area contributed by atoms with Crippen molar-refractivity contribution in [2.75, 3.05) is 52.5 Å². The van der Waals surface area contributed by atoms with E-state index in [1.54, 1.807) is 16.7 Å². The lowest BCUT2D eigenvalue weighted by molar-refractivity contribution is -0.136. The maximum Gasteiger partial charge on any atom is 0.409 e. The van der Waals surface area contributed by atoms with Crippen LogP contribution in [0.3, 0.4) is 0 Å². The van der Waals surface area contributed by atoms with E-state index in [-0.39, 0.29) is 18.1 Å². The predicted octanol–water partition coefficient (Wildman–Crippen LogP) is -0.334. The Labute approximate surface area is 119 Å². The predicted molar refractivity (Wildman–Crippen MR) is 72.4 cm³/mol. The highest BCUT2D eigenvalue weighted by molar-refractivity contribution is 5.77. The number of nitrogens with one attached hydrogen (secondary N) is 1. The van der Waals surface area contributed by atoms with Gasteiger partial charge in [-0.1, -0.05) is 0 Å². The smallest absolute Gasteiger partial charge is 0.409 e. The maximum atomic E-state index is 12.2. The Bertz CT molecular complexity index is 337. The lowest BCUT2D eigenvalue weighted by atomic mass is 10.2. The van der Waals surface area contributed by atoms with Gasteiger partial charge in [0.25, 0.3) is 0 Å². The fraction of sp³-hybridized carbons (Fsp3) is 0.846. The lowest BCUT2D eigenvalue weighted by Crippen LogP contribution is -2.52. The maximum absolute atomic E-state index is 12.2. The molecule has 0 saturated carbocycles. The molecule has 1 atom stereocenters. The molecule has 0 radical (unpaired) electrons. The second-order valence-corrected chi connectivity index (χ2v) is 4.97. The average molecular weight is 285 g/mol. The zero-order chi connectivity index (χ0) is 14.4. The van der Waals surface area contributed by atoms with Gasteiger partial charge in [-0.05, 0) is 6.92 Å². The van der Waals surface area contributed by atoms with Gasteiger partial charge < -0.3 is 24.6 Å². The van der Waals surface area contributed by atoms with Crippen LogP contribution in [0, 0.1) is 0 Å². The summed E-state index contributed by atoms with van der Waals surface area (Å²) in [4.78, 5) is 27.2. The van der Waals surface area contributed by atoms with Crippen LogP contribution in [0.15, 0.2) is 0 Å². The third-order valence-corrected chi connectivity index (χ3v) is 3.57. The molecule has 2 heterocycles. The molecular weight excluding hydrogens is 262 g/mol. The molecule has 2 rings (SSSR count). The normalized spacial score (nSPS) is 23.6. The van der Waals surface area contributed by atoms with Gasteiger partial charge in [0, 0.05) is 39.3 Å². The fourth-order valence-corrected chi connectivity index (χ4v) is 2.43. The Morgan fingerprint density at radius 1 is 1.25 bits per heavy atom. The number of hydrogen-bond donors (Lipinski definition) is 1. The molecule has 0 aromatic rings. The molecule has 0 aliphatic carbocycles. The summed E-state index contributed by atoms with van der Waals surface area (Å²) in [6, 6.07) is 0. The summed E-state index contributed by atoms with van der Waals surface area (Å²) in [6.45, 7) is 6.62. The number of amides is 2. The molecule has 2 aliphatic rings. The van der Waals surface area contributed by atoms with Crippen LogP contribution >= 0.6 is 0 Å². The summed E-state index contributed by atoms with van der Waals surface area (Å²) >= 11 is 0. The van der Waals surface area contributed by atoms with E-state index in [0.717, 1.165) is 13.1 Å². The molecule has 2 amide bonds. The van der Waals surface area contributed by atoms with Gasteiger partial charge in [0.15, 0.2) is 0 Å². The number of carbonyl (C=O) groups is 2. The summed E-state index contributed by atoms with van der Waals surface area (Å²) in [6.07, 6.45) is 0.0885. The third-order valence-electron chi connectivity index (χ3n) is 3.57. The Morgan fingerprint density at radius 3 is 2.55 bits per heavy atom. The van der Waals surface area contributed by atoms with Gasteiger partial charge in [0.05, 0.1) is 25.7 Å². The number of hydrogen-bond acceptors (Lipinski definition) is 5. The van der Waals surface area contributed by atoms with E-state index >= 15 is 0 Å². The highest BCUT2D eigenvalue weighted by atomic mass is 16.6. The van der Waals surface area contributed by atoms with Crippen LogP contribution in [0.25, 0.3) is 0 Å². The van der Waals surface area contributed by atoms with Crippen LogP contribution in [-0.4, -0.2) is 80.4 Å². The van der Waals surface area contributed by atoms with Gasteiger partial charge in [-0.15, -0.1) is 0 Å². The van der Waals surface area contributed by atoms with Gasteiger partial charge in [-0.3, -0.25) is 4.79 Å². The third kappa shape index (κ3) is 4.08. The molecule has 2 saturated heterocycles. The summed E-state index contributed by atoms with van der Waals surface area (Å²) in [5.41, 5.74) is 0. The number of ether oxygens (including phenoxy) is 2. The Morgan fingerprint density at radius 2 is 1.95 bits per heavy atom. The molecule has 2 fully saturated rings.